The average Bonchev–Trinajstić information content (AvgIpc) is 2.96. The van der Waals surface area contributed by atoms with Gasteiger partial charge in [0.2, 0.25) is 12.4 Å². The van der Waals surface area contributed by atoms with E-state index in [0.717, 1.165) is 17.7 Å². The Labute approximate surface area is 238 Å². The molecule has 3 N–H and O–H groups in total. The number of nitrogens with zero attached hydrogens (tertiary/aromatic N) is 4. The summed E-state index contributed by atoms with van der Waals surface area (Å²) >= 11 is 0. The SMILES string of the molecule is Cc1ccc(NC(=O)c2cccc(C(F)(F)F)c2)cc1N1Cc2cnc(Nc3cccc(NC=O)c3)nc2N(C)C1=O. The van der Waals surface area contributed by atoms with Crippen molar-refractivity contribution in [2.75, 3.05) is 32.8 Å². The molecule has 0 aliphatic carbocycles. The van der Waals surface area contributed by atoms with Crippen LogP contribution in [-0.2, 0) is 17.5 Å². The minimum atomic E-state index is -4.58. The fraction of sp³-hybridized carbons (Fsp3) is 0.138. The second kappa shape index (κ2) is 11.2. The van der Waals surface area contributed by atoms with Crippen molar-refractivity contribution in [1.29, 1.82) is 0 Å². The van der Waals surface area contributed by atoms with E-state index in [-0.39, 0.29) is 24.1 Å². The molecule has 0 bridgehead atoms. The van der Waals surface area contributed by atoms with Crippen LogP contribution in [0.4, 0.5) is 52.5 Å². The zero-order valence-corrected chi connectivity index (χ0v) is 22.4. The number of aromatic nitrogens is 2. The van der Waals surface area contributed by atoms with E-state index in [4.69, 9.17) is 0 Å². The molecule has 0 saturated carbocycles. The highest BCUT2D eigenvalue weighted by molar-refractivity contribution is 6.07. The number of rotatable bonds is 7. The van der Waals surface area contributed by atoms with Gasteiger partial charge in [0, 0.05) is 41.4 Å². The molecule has 0 atom stereocenters. The summed E-state index contributed by atoms with van der Waals surface area (Å²) in [5.74, 6) is -0.0626. The van der Waals surface area contributed by atoms with Crippen molar-refractivity contribution in [3.8, 4) is 0 Å². The molecule has 1 aliphatic rings. The molecule has 2 heterocycles. The number of fused-ring (bicyclic) bond motifs is 1. The summed E-state index contributed by atoms with van der Waals surface area (Å²) in [5, 5.41) is 8.24. The Bertz CT molecular complexity index is 1690. The molecule has 13 heteroatoms. The molecular weight excluding hydrogens is 551 g/mol. The van der Waals surface area contributed by atoms with Gasteiger partial charge in [0.15, 0.2) is 0 Å². The van der Waals surface area contributed by atoms with Gasteiger partial charge < -0.3 is 16.0 Å². The first kappa shape index (κ1) is 28.1. The van der Waals surface area contributed by atoms with Gasteiger partial charge in [0.25, 0.3) is 5.91 Å². The minimum Gasteiger partial charge on any atom is -0.329 e. The number of anilines is 6. The van der Waals surface area contributed by atoms with Gasteiger partial charge in [-0.3, -0.25) is 19.4 Å². The molecule has 0 unspecified atom stereocenters. The van der Waals surface area contributed by atoms with E-state index in [0.29, 0.717) is 40.5 Å². The first-order valence-electron chi connectivity index (χ1n) is 12.6. The number of hydrogen-bond acceptors (Lipinski definition) is 6. The van der Waals surface area contributed by atoms with E-state index in [2.05, 4.69) is 25.9 Å². The summed E-state index contributed by atoms with van der Waals surface area (Å²) in [7, 11) is 1.58. The number of halogens is 3. The van der Waals surface area contributed by atoms with Crippen LogP contribution in [0.15, 0.2) is 72.9 Å². The highest BCUT2D eigenvalue weighted by atomic mass is 19.4. The molecule has 0 fully saturated rings. The van der Waals surface area contributed by atoms with Gasteiger partial charge in [-0.15, -0.1) is 0 Å². The third-order valence-corrected chi connectivity index (χ3v) is 6.56. The highest BCUT2D eigenvalue weighted by Gasteiger charge is 2.32. The number of alkyl halides is 3. The molecular formula is C29H24F3N7O3. The number of hydrogen-bond donors (Lipinski definition) is 3. The molecule has 3 aromatic carbocycles. The van der Waals surface area contributed by atoms with E-state index >= 15 is 0 Å². The molecule has 0 spiro atoms. The number of urea groups is 1. The van der Waals surface area contributed by atoms with Crippen LogP contribution in [0, 0.1) is 6.92 Å². The van der Waals surface area contributed by atoms with Gasteiger partial charge in [-0.25, -0.2) is 9.78 Å². The average molecular weight is 576 g/mol. The Morgan fingerprint density at radius 2 is 1.76 bits per heavy atom. The lowest BCUT2D eigenvalue weighted by Crippen LogP contribution is -2.46. The third-order valence-electron chi connectivity index (χ3n) is 6.56. The zero-order chi connectivity index (χ0) is 30.0. The maximum atomic E-state index is 13.4. The molecule has 0 saturated heterocycles. The Balaban J connectivity index is 1.36. The standard InChI is InChI=1S/C29H24F3N7O3/c1-17-9-10-23(35-26(41)18-5-3-6-20(11-18)29(30,31)32)13-24(17)39-15-19-14-33-27(37-25(19)38(2)28(39)42)36-22-8-4-7-21(12-22)34-16-40/h3-14,16H,15H2,1-2H3,(H,34,40)(H,35,41)(H,33,36,37). The summed E-state index contributed by atoms with van der Waals surface area (Å²) in [6.45, 7) is 1.94. The third kappa shape index (κ3) is 5.84. The van der Waals surface area contributed by atoms with Gasteiger partial charge in [0.05, 0.1) is 17.8 Å². The second-order valence-electron chi connectivity index (χ2n) is 9.47. The quantitative estimate of drug-likeness (QED) is 0.235. The van der Waals surface area contributed by atoms with Crippen LogP contribution in [-0.4, -0.2) is 35.4 Å². The topological polar surface area (TPSA) is 120 Å². The minimum absolute atomic E-state index is 0.142. The molecule has 5 rings (SSSR count). The van der Waals surface area contributed by atoms with Crippen LogP contribution < -0.4 is 25.8 Å². The number of carbonyl (C=O) groups is 3. The Morgan fingerprint density at radius 3 is 2.52 bits per heavy atom. The molecule has 214 valence electrons. The van der Waals surface area contributed by atoms with E-state index in [1.807, 2.05) is 0 Å². The first-order valence-corrected chi connectivity index (χ1v) is 12.6. The molecule has 0 radical (unpaired) electrons. The van der Waals surface area contributed by atoms with Crippen LogP contribution in [0.1, 0.15) is 27.0 Å². The van der Waals surface area contributed by atoms with Gasteiger partial charge in [-0.1, -0.05) is 18.2 Å². The number of amides is 4. The summed E-state index contributed by atoms with van der Waals surface area (Å²) in [5.41, 5.74) is 2.35. The maximum Gasteiger partial charge on any atom is 0.416 e. The lowest BCUT2D eigenvalue weighted by Gasteiger charge is -2.35. The zero-order valence-electron chi connectivity index (χ0n) is 22.4. The molecule has 4 amide bonds. The predicted octanol–water partition coefficient (Wildman–Crippen LogP) is 5.94. The molecule has 4 aromatic rings. The van der Waals surface area contributed by atoms with Crippen molar-refractivity contribution in [3.63, 3.8) is 0 Å². The molecule has 42 heavy (non-hydrogen) atoms. The van der Waals surface area contributed by atoms with E-state index < -0.39 is 17.6 Å². The summed E-state index contributed by atoms with van der Waals surface area (Å²) in [6, 6.07) is 15.6. The van der Waals surface area contributed by atoms with Crippen LogP contribution in [0.2, 0.25) is 0 Å². The van der Waals surface area contributed by atoms with Crippen LogP contribution in [0.5, 0.6) is 0 Å². The Morgan fingerprint density at radius 1 is 1.00 bits per heavy atom. The van der Waals surface area contributed by atoms with Crippen molar-refractivity contribution < 1.29 is 27.6 Å². The van der Waals surface area contributed by atoms with Crippen LogP contribution >= 0.6 is 0 Å². The number of aryl methyl sites for hydroxylation is 1. The van der Waals surface area contributed by atoms with E-state index in [9.17, 15) is 27.6 Å². The normalized spacial score (nSPS) is 12.9. The molecule has 1 aliphatic heterocycles. The lowest BCUT2D eigenvalue weighted by atomic mass is 10.1. The second-order valence-corrected chi connectivity index (χ2v) is 9.47. The fourth-order valence-corrected chi connectivity index (χ4v) is 4.46. The van der Waals surface area contributed by atoms with Crippen molar-refractivity contribution in [2.24, 2.45) is 0 Å². The van der Waals surface area contributed by atoms with Gasteiger partial charge in [0.1, 0.15) is 5.82 Å². The van der Waals surface area contributed by atoms with Crippen molar-refractivity contribution in [1.82, 2.24) is 9.97 Å². The fourth-order valence-electron chi connectivity index (χ4n) is 4.46. The maximum absolute atomic E-state index is 13.4. The summed E-state index contributed by atoms with van der Waals surface area (Å²) in [6.07, 6.45) is -2.41. The van der Waals surface area contributed by atoms with Gasteiger partial charge >= 0.3 is 12.2 Å². The highest BCUT2D eigenvalue weighted by Crippen LogP contribution is 2.34. The van der Waals surface area contributed by atoms with E-state index in [1.165, 1.54) is 21.9 Å². The Hall–Kier alpha value is -5.46. The molecule has 10 nitrogen and oxygen atoms in total. The van der Waals surface area contributed by atoms with Gasteiger partial charge in [-0.2, -0.15) is 18.2 Å². The number of carbonyl (C=O) groups excluding carboxylic acids is 3. The predicted molar refractivity (Wildman–Crippen MR) is 152 cm³/mol. The smallest absolute Gasteiger partial charge is 0.329 e. The largest absolute Gasteiger partial charge is 0.416 e. The van der Waals surface area contributed by atoms with Crippen molar-refractivity contribution in [2.45, 2.75) is 19.6 Å². The summed E-state index contributed by atoms with van der Waals surface area (Å²) in [4.78, 5) is 48.7. The van der Waals surface area contributed by atoms with Crippen LogP contribution in [0.3, 0.4) is 0 Å². The van der Waals surface area contributed by atoms with Crippen molar-refractivity contribution in [3.05, 3.63) is 95.2 Å². The summed E-state index contributed by atoms with van der Waals surface area (Å²) < 4.78 is 39.3. The first-order chi connectivity index (χ1) is 20.0. The van der Waals surface area contributed by atoms with E-state index in [1.54, 1.807) is 62.6 Å². The Kier molecular flexibility index (Phi) is 7.49. The van der Waals surface area contributed by atoms with Crippen LogP contribution in [0.25, 0.3) is 0 Å². The number of nitrogens with one attached hydrogen (secondary N) is 3. The van der Waals surface area contributed by atoms with Crippen molar-refractivity contribution >= 4 is 52.9 Å². The number of benzene rings is 3. The van der Waals surface area contributed by atoms with Gasteiger partial charge in [-0.05, 0) is 61.0 Å². The monoisotopic (exact) mass is 575 g/mol. The lowest BCUT2D eigenvalue weighted by molar-refractivity contribution is -0.137. The molecule has 1 aromatic heterocycles.